The first kappa shape index (κ1) is 20.0. The summed E-state index contributed by atoms with van der Waals surface area (Å²) in [4.78, 5) is 12.0. The number of carbonyl (C=O) groups is 1. The summed E-state index contributed by atoms with van der Waals surface area (Å²) in [7, 11) is -0.390. The Labute approximate surface area is 151 Å². The minimum atomic E-state index is -0.679. The van der Waals surface area contributed by atoms with Crippen LogP contribution in [0.1, 0.15) is 54.0 Å². The normalized spacial score (nSPS) is 20.4. The standard InChI is InChI=1S/C19H30BNO4/c1-17(2,3)23-16(22)15(21)12-13-8-10-14(11-9-13)20-24-18(4,5)19(6,7)25-20/h8-11,15H,12,21H2,1-7H3/t15-/m0/s1. The molecule has 0 aromatic heterocycles. The van der Waals surface area contributed by atoms with Gasteiger partial charge in [-0.25, -0.2) is 0 Å². The second kappa shape index (κ2) is 6.74. The summed E-state index contributed by atoms with van der Waals surface area (Å²) >= 11 is 0. The van der Waals surface area contributed by atoms with Crippen molar-refractivity contribution < 1.29 is 18.8 Å². The molecule has 138 valence electrons. The summed E-state index contributed by atoms with van der Waals surface area (Å²) in [5, 5.41) is 0. The molecule has 6 heteroatoms. The lowest BCUT2D eigenvalue weighted by atomic mass is 9.78. The fourth-order valence-corrected chi connectivity index (χ4v) is 2.50. The van der Waals surface area contributed by atoms with Crippen LogP contribution < -0.4 is 11.2 Å². The summed E-state index contributed by atoms with van der Waals surface area (Å²) < 4.78 is 17.4. The first-order chi connectivity index (χ1) is 11.3. The van der Waals surface area contributed by atoms with Gasteiger partial charge in [0.15, 0.2) is 0 Å². The third kappa shape index (κ3) is 4.84. The van der Waals surface area contributed by atoms with Gasteiger partial charge >= 0.3 is 13.1 Å². The average molecular weight is 347 g/mol. The maximum Gasteiger partial charge on any atom is 0.494 e. The molecule has 1 aliphatic rings. The Hall–Kier alpha value is -1.37. The van der Waals surface area contributed by atoms with Crippen molar-refractivity contribution in [2.45, 2.75) is 77.7 Å². The van der Waals surface area contributed by atoms with E-state index >= 15 is 0 Å². The summed E-state index contributed by atoms with van der Waals surface area (Å²) in [5.41, 5.74) is 6.62. The second-order valence-corrected chi connectivity index (χ2v) is 8.67. The van der Waals surface area contributed by atoms with E-state index in [2.05, 4.69) is 0 Å². The monoisotopic (exact) mass is 347 g/mol. The molecule has 0 aliphatic carbocycles. The number of rotatable bonds is 4. The van der Waals surface area contributed by atoms with Crippen molar-refractivity contribution in [1.82, 2.24) is 0 Å². The topological polar surface area (TPSA) is 70.8 Å². The van der Waals surface area contributed by atoms with Crippen LogP contribution in [0.3, 0.4) is 0 Å². The van der Waals surface area contributed by atoms with Crippen LogP contribution in [-0.4, -0.2) is 35.9 Å². The fourth-order valence-electron chi connectivity index (χ4n) is 2.50. The van der Waals surface area contributed by atoms with Crippen LogP contribution in [0.4, 0.5) is 0 Å². The lowest BCUT2D eigenvalue weighted by Gasteiger charge is -2.32. The van der Waals surface area contributed by atoms with Crippen molar-refractivity contribution in [3.63, 3.8) is 0 Å². The Morgan fingerprint density at radius 2 is 1.60 bits per heavy atom. The van der Waals surface area contributed by atoms with Crippen molar-refractivity contribution in [1.29, 1.82) is 0 Å². The van der Waals surface area contributed by atoms with Crippen molar-refractivity contribution in [2.75, 3.05) is 0 Å². The molecule has 0 unspecified atom stereocenters. The molecule has 1 fully saturated rings. The zero-order valence-corrected chi connectivity index (χ0v) is 16.4. The Bertz CT molecular complexity index is 603. The number of ether oxygens (including phenoxy) is 1. The zero-order valence-electron chi connectivity index (χ0n) is 16.4. The van der Waals surface area contributed by atoms with E-state index in [0.717, 1.165) is 11.0 Å². The van der Waals surface area contributed by atoms with Gasteiger partial charge in [0.25, 0.3) is 0 Å². The Morgan fingerprint density at radius 1 is 1.12 bits per heavy atom. The van der Waals surface area contributed by atoms with Crippen molar-refractivity contribution in [2.24, 2.45) is 5.73 Å². The molecule has 1 aromatic rings. The summed E-state index contributed by atoms with van der Waals surface area (Å²) in [5.74, 6) is -0.387. The van der Waals surface area contributed by atoms with E-state index in [-0.39, 0.29) is 17.2 Å². The van der Waals surface area contributed by atoms with Crippen LogP contribution in [0, 0.1) is 0 Å². The minimum absolute atomic E-state index is 0.366. The smallest absolute Gasteiger partial charge is 0.459 e. The van der Waals surface area contributed by atoms with Crippen LogP contribution in [0.15, 0.2) is 24.3 Å². The maximum atomic E-state index is 12.0. The van der Waals surface area contributed by atoms with Gasteiger partial charge in [-0.3, -0.25) is 4.79 Å². The van der Waals surface area contributed by atoms with Crippen LogP contribution in [0.25, 0.3) is 0 Å². The first-order valence-corrected chi connectivity index (χ1v) is 8.74. The average Bonchev–Trinajstić information content (AvgIpc) is 2.66. The number of hydrogen-bond acceptors (Lipinski definition) is 5. The van der Waals surface area contributed by atoms with Gasteiger partial charge in [-0.2, -0.15) is 0 Å². The highest BCUT2D eigenvalue weighted by Gasteiger charge is 2.51. The molecular formula is C19H30BNO4. The van der Waals surface area contributed by atoms with Gasteiger partial charge in [0.05, 0.1) is 11.2 Å². The molecule has 1 aliphatic heterocycles. The molecule has 0 spiro atoms. The molecular weight excluding hydrogens is 317 g/mol. The van der Waals surface area contributed by atoms with Crippen molar-refractivity contribution in [3.8, 4) is 0 Å². The molecule has 0 saturated carbocycles. The molecule has 1 saturated heterocycles. The van der Waals surface area contributed by atoms with Gasteiger partial charge in [0.2, 0.25) is 0 Å². The van der Waals surface area contributed by atoms with E-state index in [9.17, 15) is 4.79 Å². The highest BCUT2D eigenvalue weighted by Crippen LogP contribution is 2.36. The third-order valence-corrected chi connectivity index (χ3v) is 4.67. The van der Waals surface area contributed by atoms with Gasteiger partial charge in [0, 0.05) is 0 Å². The predicted octanol–water partition coefficient (Wildman–Crippen LogP) is 2.20. The van der Waals surface area contributed by atoms with E-state index in [0.29, 0.717) is 6.42 Å². The van der Waals surface area contributed by atoms with Crippen LogP contribution in [-0.2, 0) is 25.3 Å². The molecule has 0 radical (unpaired) electrons. The summed E-state index contributed by atoms with van der Waals surface area (Å²) in [6, 6.07) is 7.13. The molecule has 2 N–H and O–H groups in total. The first-order valence-electron chi connectivity index (χ1n) is 8.74. The third-order valence-electron chi connectivity index (χ3n) is 4.67. The molecule has 5 nitrogen and oxygen atoms in total. The van der Waals surface area contributed by atoms with Gasteiger partial charge in [-0.05, 0) is 65.9 Å². The van der Waals surface area contributed by atoms with Crippen LogP contribution >= 0.6 is 0 Å². The van der Waals surface area contributed by atoms with E-state index in [1.54, 1.807) is 0 Å². The van der Waals surface area contributed by atoms with Crippen molar-refractivity contribution >= 4 is 18.6 Å². The van der Waals surface area contributed by atoms with Crippen molar-refractivity contribution in [3.05, 3.63) is 29.8 Å². The molecule has 0 amide bonds. The molecule has 0 bridgehead atoms. The highest BCUT2D eigenvalue weighted by atomic mass is 16.7. The zero-order chi connectivity index (χ0) is 19.0. The molecule has 2 rings (SSSR count). The number of nitrogens with two attached hydrogens (primary N) is 1. The molecule has 1 heterocycles. The molecule has 1 aromatic carbocycles. The Kier molecular flexibility index (Phi) is 5.38. The number of esters is 1. The predicted molar refractivity (Wildman–Crippen MR) is 99.7 cm³/mol. The lowest BCUT2D eigenvalue weighted by Crippen LogP contribution is -2.41. The van der Waals surface area contributed by atoms with E-state index < -0.39 is 18.8 Å². The second-order valence-electron chi connectivity index (χ2n) is 8.67. The lowest BCUT2D eigenvalue weighted by molar-refractivity contribution is -0.156. The maximum absolute atomic E-state index is 12.0. The van der Waals surface area contributed by atoms with Gasteiger partial charge in [-0.15, -0.1) is 0 Å². The Morgan fingerprint density at radius 3 is 2.04 bits per heavy atom. The minimum Gasteiger partial charge on any atom is -0.459 e. The number of benzene rings is 1. The molecule has 1 atom stereocenters. The summed E-state index contributed by atoms with van der Waals surface area (Å²) in [6.45, 7) is 13.6. The SMILES string of the molecule is CC(C)(C)OC(=O)[C@@H](N)Cc1ccc(B2OC(C)(C)C(C)(C)O2)cc1. The van der Waals surface area contributed by atoms with Gasteiger partial charge in [-0.1, -0.05) is 24.3 Å². The summed E-state index contributed by atoms with van der Waals surface area (Å²) in [6.07, 6.45) is 0.429. The number of hydrogen-bond donors (Lipinski definition) is 1. The van der Waals surface area contributed by atoms with E-state index in [1.165, 1.54) is 0 Å². The van der Waals surface area contributed by atoms with E-state index in [4.69, 9.17) is 19.8 Å². The number of carbonyl (C=O) groups excluding carboxylic acids is 1. The largest absolute Gasteiger partial charge is 0.494 e. The quantitative estimate of drug-likeness (QED) is 0.668. The highest BCUT2D eigenvalue weighted by molar-refractivity contribution is 6.62. The molecule has 25 heavy (non-hydrogen) atoms. The van der Waals surface area contributed by atoms with Crippen LogP contribution in [0.5, 0.6) is 0 Å². The van der Waals surface area contributed by atoms with Gasteiger partial charge < -0.3 is 19.8 Å². The van der Waals surface area contributed by atoms with E-state index in [1.807, 2.05) is 72.7 Å². The fraction of sp³-hybridized carbons (Fsp3) is 0.632. The Balaban J connectivity index is 2.00. The van der Waals surface area contributed by atoms with Crippen LogP contribution in [0.2, 0.25) is 0 Å². The van der Waals surface area contributed by atoms with Gasteiger partial charge in [0.1, 0.15) is 11.6 Å².